The molecule has 0 spiro atoms. The van der Waals surface area contributed by atoms with Crippen LogP contribution < -0.4 is 5.32 Å². The number of hydrogen-bond donors (Lipinski definition) is 1. The van der Waals surface area contributed by atoms with Crippen molar-refractivity contribution in [3.63, 3.8) is 0 Å². The molecule has 1 N–H and O–H groups in total. The molecule has 0 saturated carbocycles. The maximum Gasteiger partial charge on any atom is 0.291 e. The summed E-state index contributed by atoms with van der Waals surface area (Å²) in [5, 5.41) is 4.44. The molecule has 1 heterocycles. The van der Waals surface area contributed by atoms with E-state index in [2.05, 4.69) is 19.2 Å². The van der Waals surface area contributed by atoms with Gasteiger partial charge in [0, 0.05) is 21.7 Å². The Labute approximate surface area is 140 Å². The van der Waals surface area contributed by atoms with E-state index in [0.29, 0.717) is 22.3 Å². The zero-order valence-corrected chi connectivity index (χ0v) is 14.1. The van der Waals surface area contributed by atoms with Crippen LogP contribution in [-0.4, -0.2) is 5.91 Å². The summed E-state index contributed by atoms with van der Waals surface area (Å²) in [6.07, 6.45) is 0. The zero-order valence-electron chi connectivity index (χ0n) is 13.3. The van der Waals surface area contributed by atoms with Gasteiger partial charge < -0.3 is 9.73 Å². The third kappa shape index (κ3) is 2.97. The Hall–Kier alpha value is -2.26. The summed E-state index contributed by atoms with van der Waals surface area (Å²) in [6, 6.07) is 13.2. The highest BCUT2D eigenvalue weighted by Gasteiger charge is 2.19. The minimum atomic E-state index is -0.247. The van der Waals surface area contributed by atoms with Gasteiger partial charge in [-0.05, 0) is 42.7 Å². The molecular weight excluding hydrogens is 310 g/mol. The van der Waals surface area contributed by atoms with Crippen molar-refractivity contribution in [2.24, 2.45) is 0 Å². The van der Waals surface area contributed by atoms with E-state index in [9.17, 15) is 4.79 Å². The number of fused-ring (bicyclic) bond motifs is 1. The molecule has 2 aromatic carbocycles. The van der Waals surface area contributed by atoms with E-state index in [4.69, 9.17) is 16.0 Å². The first kappa shape index (κ1) is 15.6. The van der Waals surface area contributed by atoms with Crippen LogP contribution >= 0.6 is 11.6 Å². The molecule has 0 aliphatic carbocycles. The standard InChI is InChI=1S/C19H18ClNO2/c1-11(2)14-6-4-5-7-16(14)21-19(22)18-12(3)15-10-13(20)8-9-17(15)23-18/h4-11H,1-3H3,(H,21,22). The first-order valence-corrected chi connectivity index (χ1v) is 7.94. The highest BCUT2D eigenvalue weighted by molar-refractivity contribution is 6.31. The van der Waals surface area contributed by atoms with Gasteiger partial charge in [0.2, 0.25) is 0 Å². The van der Waals surface area contributed by atoms with Gasteiger partial charge in [-0.2, -0.15) is 0 Å². The van der Waals surface area contributed by atoms with Crippen LogP contribution in [-0.2, 0) is 0 Å². The van der Waals surface area contributed by atoms with Gasteiger partial charge in [-0.15, -0.1) is 0 Å². The van der Waals surface area contributed by atoms with Crippen LogP contribution in [0.2, 0.25) is 5.02 Å². The summed E-state index contributed by atoms with van der Waals surface area (Å²) < 4.78 is 5.72. The fourth-order valence-electron chi connectivity index (χ4n) is 2.70. The van der Waals surface area contributed by atoms with Gasteiger partial charge in [-0.25, -0.2) is 0 Å². The molecule has 3 nitrogen and oxygen atoms in total. The normalized spacial score (nSPS) is 11.2. The highest BCUT2D eigenvalue weighted by Crippen LogP contribution is 2.29. The number of para-hydroxylation sites is 1. The molecule has 3 rings (SSSR count). The van der Waals surface area contributed by atoms with E-state index in [1.807, 2.05) is 37.3 Å². The van der Waals surface area contributed by atoms with Crippen molar-refractivity contribution < 1.29 is 9.21 Å². The van der Waals surface area contributed by atoms with E-state index >= 15 is 0 Å². The van der Waals surface area contributed by atoms with E-state index in [-0.39, 0.29) is 5.91 Å². The summed E-state index contributed by atoms with van der Waals surface area (Å²) >= 11 is 6.02. The van der Waals surface area contributed by atoms with Crippen molar-refractivity contribution in [1.29, 1.82) is 0 Å². The molecule has 3 aromatic rings. The van der Waals surface area contributed by atoms with Crippen LogP contribution in [0.25, 0.3) is 11.0 Å². The van der Waals surface area contributed by atoms with E-state index in [0.717, 1.165) is 22.2 Å². The number of carbonyl (C=O) groups excluding carboxylic acids is 1. The number of hydrogen-bond acceptors (Lipinski definition) is 2. The van der Waals surface area contributed by atoms with Gasteiger partial charge in [-0.3, -0.25) is 4.79 Å². The molecule has 0 bridgehead atoms. The van der Waals surface area contributed by atoms with Crippen LogP contribution in [0.5, 0.6) is 0 Å². The van der Waals surface area contributed by atoms with Crippen molar-refractivity contribution in [2.45, 2.75) is 26.7 Å². The van der Waals surface area contributed by atoms with Crippen molar-refractivity contribution in [3.8, 4) is 0 Å². The minimum Gasteiger partial charge on any atom is -0.451 e. The fourth-order valence-corrected chi connectivity index (χ4v) is 2.88. The van der Waals surface area contributed by atoms with Crippen molar-refractivity contribution >= 4 is 34.2 Å². The topological polar surface area (TPSA) is 42.2 Å². The Bertz CT molecular complexity index is 880. The van der Waals surface area contributed by atoms with E-state index in [1.165, 1.54) is 0 Å². The molecule has 0 atom stereocenters. The number of amides is 1. The molecule has 0 aliphatic heterocycles. The lowest BCUT2D eigenvalue weighted by atomic mass is 10.0. The third-order valence-corrected chi connectivity index (χ3v) is 4.17. The van der Waals surface area contributed by atoms with Crippen LogP contribution in [0, 0.1) is 6.92 Å². The number of halogens is 1. The first-order valence-electron chi connectivity index (χ1n) is 7.56. The molecule has 0 fully saturated rings. The van der Waals surface area contributed by atoms with E-state index < -0.39 is 0 Å². The van der Waals surface area contributed by atoms with Crippen LogP contribution in [0.15, 0.2) is 46.9 Å². The summed E-state index contributed by atoms with van der Waals surface area (Å²) in [4.78, 5) is 12.6. The van der Waals surface area contributed by atoms with Gasteiger partial charge >= 0.3 is 0 Å². The van der Waals surface area contributed by atoms with Crippen molar-refractivity contribution in [2.75, 3.05) is 5.32 Å². The fraction of sp³-hybridized carbons (Fsp3) is 0.211. The third-order valence-electron chi connectivity index (χ3n) is 3.94. The number of aryl methyl sites for hydroxylation is 1. The van der Waals surface area contributed by atoms with Gasteiger partial charge in [0.25, 0.3) is 5.91 Å². The number of carbonyl (C=O) groups is 1. The van der Waals surface area contributed by atoms with Gasteiger partial charge in [-0.1, -0.05) is 43.6 Å². The molecule has 1 aromatic heterocycles. The number of furan rings is 1. The maximum absolute atomic E-state index is 12.6. The average molecular weight is 328 g/mol. The molecule has 0 saturated heterocycles. The Balaban J connectivity index is 1.97. The molecule has 0 radical (unpaired) electrons. The van der Waals surface area contributed by atoms with Gasteiger partial charge in [0.05, 0.1) is 0 Å². The second kappa shape index (κ2) is 6.09. The summed E-state index contributed by atoms with van der Waals surface area (Å²) in [5.74, 6) is 0.394. The van der Waals surface area contributed by atoms with E-state index in [1.54, 1.807) is 12.1 Å². The average Bonchev–Trinajstić information content (AvgIpc) is 2.84. The first-order chi connectivity index (χ1) is 11.0. The Morgan fingerprint density at radius 1 is 1.17 bits per heavy atom. The highest BCUT2D eigenvalue weighted by atomic mass is 35.5. The van der Waals surface area contributed by atoms with Crippen LogP contribution in [0.1, 0.15) is 41.4 Å². The number of rotatable bonds is 3. The summed E-state index contributed by atoms with van der Waals surface area (Å²) in [7, 11) is 0. The second-order valence-corrected chi connectivity index (χ2v) is 6.33. The van der Waals surface area contributed by atoms with Crippen LogP contribution in [0.3, 0.4) is 0 Å². The quantitative estimate of drug-likeness (QED) is 0.663. The van der Waals surface area contributed by atoms with Gasteiger partial charge in [0.15, 0.2) is 5.76 Å². The zero-order chi connectivity index (χ0) is 16.6. The number of nitrogens with one attached hydrogen (secondary N) is 1. The minimum absolute atomic E-state index is 0.247. The molecule has 0 aliphatic rings. The largest absolute Gasteiger partial charge is 0.451 e. The van der Waals surface area contributed by atoms with Gasteiger partial charge in [0.1, 0.15) is 5.58 Å². The lowest BCUT2D eigenvalue weighted by Crippen LogP contribution is -2.13. The molecule has 0 unspecified atom stereocenters. The molecule has 118 valence electrons. The molecule has 4 heteroatoms. The summed E-state index contributed by atoms with van der Waals surface area (Å²) in [6.45, 7) is 6.06. The Kier molecular flexibility index (Phi) is 4.14. The Morgan fingerprint density at radius 2 is 1.91 bits per heavy atom. The lowest BCUT2D eigenvalue weighted by molar-refractivity contribution is 0.0998. The molecule has 23 heavy (non-hydrogen) atoms. The smallest absolute Gasteiger partial charge is 0.291 e. The predicted octanol–water partition coefficient (Wildman–Crippen LogP) is 5.77. The van der Waals surface area contributed by atoms with Crippen molar-refractivity contribution in [1.82, 2.24) is 0 Å². The monoisotopic (exact) mass is 327 g/mol. The maximum atomic E-state index is 12.6. The number of benzene rings is 2. The predicted molar refractivity (Wildman–Crippen MR) is 94.4 cm³/mol. The lowest BCUT2D eigenvalue weighted by Gasteiger charge is -2.13. The Morgan fingerprint density at radius 3 is 2.65 bits per heavy atom. The summed E-state index contributed by atoms with van der Waals surface area (Å²) in [5.41, 5.74) is 3.36. The second-order valence-electron chi connectivity index (χ2n) is 5.89. The van der Waals surface area contributed by atoms with Crippen LogP contribution in [0.4, 0.5) is 5.69 Å². The molecular formula is C19H18ClNO2. The SMILES string of the molecule is Cc1c(C(=O)Nc2ccccc2C(C)C)oc2ccc(Cl)cc12. The molecule has 1 amide bonds. The number of anilines is 1. The van der Waals surface area contributed by atoms with Crippen molar-refractivity contribution in [3.05, 3.63) is 64.4 Å².